The van der Waals surface area contributed by atoms with E-state index in [0.29, 0.717) is 10.9 Å². The van der Waals surface area contributed by atoms with Gasteiger partial charge < -0.3 is 0 Å². The van der Waals surface area contributed by atoms with Crippen molar-refractivity contribution in [3.63, 3.8) is 0 Å². The lowest BCUT2D eigenvalue weighted by Gasteiger charge is -2.06. The first-order valence-electron chi connectivity index (χ1n) is 5.63. The predicted molar refractivity (Wildman–Crippen MR) is 72.5 cm³/mol. The second-order valence-corrected chi connectivity index (χ2v) is 6.05. The molecule has 18 heavy (non-hydrogen) atoms. The number of ketones is 1. The Morgan fingerprint density at radius 2 is 2.17 bits per heavy atom. The second kappa shape index (κ2) is 4.55. The molecule has 0 N–H and O–H groups in total. The van der Waals surface area contributed by atoms with E-state index in [2.05, 4.69) is 20.9 Å². The largest absolute Gasteiger partial charge is 0.293 e. The van der Waals surface area contributed by atoms with Crippen LogP contribution in [-0.2, 0) is 6.42 Å². The fourth-order valence-corrected chi connectivity index (χ4v) is 3.34. The first kappa shape index (κ1) is 12.0. The Kier molecular flexibility index (Phi) is 3.03. The van der Waals surface area contributed by atoms with Gasteiger partial charge in [-0.1, -0.05) is 6.07 Å². The molecule has 0 saturated heterocycles. The zero-order valence-electron chi connectivity index (χ0n) is 9.37. The summed E-state index contributed by atoms with van der Waals surface area (Å²) < 4.78 is 13.9. The van der Waals surface area contributed by atoms with Crippen LogP contribution in [0.25, 0.3) is 10.6 Å². The summed E-state index contributed by atoms with van der Waals surface area (Å²) in [5, 5.41) is 0.724. The number of hydrogen-bond acceptors (Lipinski definition) is 3. The summed E-state index contributed by atoms with van der Waals surface area (Å²) >= 11 is 4.49. The minimum Gasteiger partial charge on any atom is -0.293 e. The molecule has 1 aliphatic rings. The van der Waals surface area contributed by atoms with Crippen LogP contribution in [0.1, 0.15) is 28.2 Å². The fraction of sp³-hybridized carbons (Fsp3) is 0.231. The Balaban J connectivity index is 2.07. The van der Waals surface area contributed by atoms with E-state index >= 15 is 0 Å². The summed E-state index contributed by atoms with van der Waals surface area (Å²) in [6.07, 6.45) is 2.31. The first-order chi connectivity index (χ1) is 8.65. The fourth-order valence-electron chi connectivity index (χ4n) is 2.02. The van der Waals surface area contributed by atoms with Gasteiger partial charge in [0.2, 0.25) is 0 Å². The van der Waals surface area contributed by atoms with Gasteiger partial charge in [-0.15, -0.1) is 11.3 Å². The van der Waals surface area contributed by atoms with Crippen molar-refractivity contribution in [1.82, 2.24) is 4.98 Å². The number of thiazole rings is 1. The van der Waals surface area contributed by atoms with Gasteiger partial charge in [0.15, 0.2) is 5.78 Å². The summed E-state index contributed by atoms with van der Waals surface area (Å²) in [4.78, 5) is 16.9. The summed E-state index contributed by atoms with van der Waals surface area (Å²) in [5.74, 6) is -0.149. The highest BCUT2D eigenvalue weighted by atomic mass is 79.9. The van der Waals surface area contributed by atoms with E-state index < -0.39 is 0 Å². The number of benzene rings is 1. The molecule has 0 fully saturated rings. The smallest absolute Gasteiger partial charge is 0.174 e. The van der Waals surface area contributed by atoms with Gasteiger partial charge in [0.1, 0.15) is 10.8 Å². The maximum Gasteiger partial charge on any atom is 0.174 e. The normalized spacial score (nSPS) is 14.7. The van der Waals surface area contributed by atoms with E-state index in [1.54, 1.807) is 6.07 Å². The van der Waals surface area contributed by atoms with Gasteiger partial charge in [0.25, 0.3) is 0 Å². The van der Waals surface area contributed by atoms with Gasteiger partial charge in [-0.25, -0.2) is 9.37 Å². The minimum atomic E-state index is -0.313. The van der Waals surface area contributed by atoms with Crippen molar-refractivity contribution in [3.05, 3.63) is 39.1 Å². The maximum atomic E-state index is 13.5. The van der Waals surface area contributed by atoms with Crippen LogP contribution in [0, 0.1) is 5.82 Å². The molecule has 0 aliphatic heterocycles. The summed E-state index contributed by atoms with van der Waals surface area (Å²) in [7, 11) is 0. The van der Waals surface area contributed by atoms with Crippen LogP contribution in [0.3, 0.4) is 0 Å². The van der Waals surface area contributed by atoms with E-state index in [-0.39, 0.29) is 11.6 Å². The molecule has 0 bridgehead atoms. The molecule has 92 valence electrons. The number of carbonyl (C=O) groups excluding carboxylic acids is 1. The molecule has 0 amide bonds. The summed E-state index contributed by atoms with van der Waals surface area (Å²) in [6.45, 7) is 0. The van der Waals surface area contributed by atoms with E-state index in [0.717, 1.165) is 34.0 Å². The SMILES string of the molecule is O=C1CCCc2nc(-c3ccc(Br)c(F)c3)sc21. The van der Waals surface area contributed by atoms with Crippen LogP contribution in [0.5, 0.6) is 0 Å². The third-order valence-electron chi connectivity index (χ3n) is 2.93. The summed E-state index contributed by atoms with van der Waals surface area (Å²) in [6, 6.07) is 4.91. The second-order valence-electron chi connectivity index (χ2n) is 4.20. The minimum absolute atomic E-state index is 0.164. The van der Waals surface area contributed by atoms with Crippen molar-refractivity contribution in [2.45, 2.75) is 19.3 Å². The lowest BCUT2D eigenvalue weighted by Crippen LogP contribution is -2.07. The Bertz CT molecular complexity index is 638. The molecule has 0 radical (unpaired) electrons. The number of nitrogens with zero attached hydrogens (tertiary/aromatic N) is 1. The zero-order valence-corrected chi connectivity index (χ0v) is 11.8. The number of rotatable bonds is 1. The van der Waals surface area contributed by atoms with Gasteiger partial charge in [-0.3, -0.25) is 4.79 Å². The molecule has 0 saturated carbocycles. The lowest BCUT2D eigenvalue weighted by atomic mass is 10.0. The maximum absolute atomic E-state index is 13.5. The number of carbonyl (C=O) groups is 1. The number of fused-ring (bicyclic) bond motifs is 1. The Morgan fingerprint density at radius 3 is 2.89 bits per heavy atom. The molecule has 1 aromatic carbocycles. The molecule has 0 spiro atoms. The molecule has 1 aliphatic carbocycles. The average Bonchev–Trinajstić information content (AvgIpc) is 2.78. The van der Waals surface area contributed by atoms with E-state index in [4.69, 9.17) is 0 Å². The molecule has 0 atom stereocenters. The van der Waals surface area contributed by atoms with Crippen molar-refractivity contribution in [2.24, 2.45) is 0 Å². The lowest BCUT2D eigenvalue weighted by molar-refractivity contribution is 0.0976. The standard InChI is InChI=1S/C13H9BrFNOS/c14-8-5-4-7(6-9(8)15)13-16-10-2-1-3-11(17)12(10)18-13/h4-6H,1-3H2. The van der Waals surface area contributed by atoms with Crippen molar-refractivity contribution in [2.75, 3.05) is 0 Å². The van der Waals surface area contributed by atoms with Gasteiger partial charge >= 0.3 is 0 Å². The molecular formula is C13H9BrFNOS. The van der Waals surface area contributed by atoms with E-state index in [9.17, 15) is 9.18 Å². The van der Waals surface area contributed by atoms with Gasteiger partial charge in [-0.05, 0) is 40.9 Å². The number of aromatic nitrogens is 1. The first-order valence-corrected chi connectivity index (χ1v) is 7.24. The number of hydrogen-bond donors (Lipinski definition) is 0. The number of halogens is 2. The van der Waals surface area contributed by atoms with Crippen molar-refractivity contribution >= 4 is 33.0 Å². The molecule has 0 unspecified atom stereocenters. The van der Waals surface area contributed by atoms with Crippen molar-refractivity contribution in [1.29, 1.82) is 0 Å². The van der Waals surface area contributed by atoms with E-state index in [1.165, 1.54) is 17.4 Å². The molecule has 5 heteroatoms. The van der Waals surface area contributed by atoms with Crippen LogP contribution < -0.4 is 0 Å². The highest BCUT2D eigenvalue weighted by Gasteiger charge is 2.22. The predicted octanol–water partition coefficient (Wildman–Crippen LogP) is 4.23. The average molecular weight is 326 g/mol. The van der Waals surface area contributed by atoms with Gasteiger partial charge in [0, 0.05) is 12.0 Å². The van der Waals surface area contributed by atoms with Crippen LogP contribution in [0.2, 0.25) is 0 Å². The van der Waals surface area contributed by atoms with Gasteiger partial charge in [0.05, 0.1) is 15.0 Å². The molecule has 1 aromatic heterocycles. The molecule has 1 heterocycles. The Hall–Kier alpha value is -1.07. The van der Waals surface area contributed by atoms with Crippen molar-refractivity contribution in [3.8, 4) is 10.6 Å². The third kappa shape index (κ3) is 2.01. The number of Topliss-reactive ketones (excluding diaryl/α,β-unsaturated/α-hetero) is 1. The van der Waals surface area contributed by atoms with Gasteiger partial charge in [-0.2, -0.15) is 0 Å². The summed E-state index contributed by atoms with van der Waals surface area (Å²) in [5.41, 5.74) is 1.59. The zero-order chi connectivity index (χ0) is 12.7. The molecular weight excluding hydrogens is 317 g/mol. The van der Waals surface area contributed by atoms with Crippen LogP contribution in [0.15, 0.2) is 22.7 Å². The number of aryl methyl sites for hydroxylation is 1. The quantitative estimate of drug-likeness (QED) is 0.785. The molecule has 2 nitrogen and oxygen atoms in total. The monoisotopic (exact) mass is 325 g/mol. The van der Waals surface area contributed by atoms with E-state index in [1.807, 2.05) is 6.07 Å². The topological polar surface area (TPSA) is 30.0 Å². The molecule has 2 aromatic rings. The third-order valence-corrected chi connectivity index (χ3v) is 4.77. The highest BCUT2D eigenvalue weighted by molar-refractivity contribution is 9.10. The molecule has 3 rings (SSSR count). The van der Waals surface area contributed by atoms with Crippen LogP contribution in [-0.4, -0.2) is 10.8 Å². The van der Waals surface area contributed by atoms with Crippen LogP contribution in [0.4, 0.5) is 4.39 Å². The Morgan fingerprint density at radius 1 is 1.33 bits per heavy atom. The Labute approximate surface area is 116 Å². The highest BCUT2D eigenvalue weighted by Crippen LogP contribution is 2.33. The van der Waals surface area contributed by atoms with Crippen molar-refractivity contribution < 1.29 is 9.18 Å². The van der Waals surface area contributed by atoms with Crippen LogP contribution >= 0.6 is 27.3 Å².